The van der Waals surface area contributed by atoms with E-state index in [1.54, 1.807) is 18.2 Å². The number of terminal acetylenes is 1. The molecule has 150 valence electrons. The maximum Gasteiger partial charge on any atom is 0.251 e. The zero-order valence-electron chi connectivity index (χ0n) is 16.6. The number of aryl methyl sites for hydroxylation is 1. The number of nitrogens with zero attached hydrogens (tertiary/aromatic N) is 3. The van der Waals surface area contributed by atoms with Crippen molar-refractivity contribution in [2.45, 2.75) is 57.5 Å². The van der Waals surface area contributed by atoms with Crippen molar-refractivity contribution in [2.75, 3.05) is 11.9 Å². The van der Waals surface area contributed by atoms with Crippen molar-refractivity contribution in [3.63, 3.8) is 0 Å². The lowest BCUT2D eigenvalue weighted by Crippen LogP contribution is -2.32. The van der Waals surface area contributed by atoms with E-state index < -0.39 is 11.1 Å². The fourth-order valence-corrected chi connectivity index (χ4v) is 3.70. The van der Waals surface area contributed by atoms with E-state index in [1.807, 2.05) is 6.92 Å². The van der Waals surface area contributed by atoms with E-state index in [0.717, 1.165) is 18.4 Å². The first-order chi connectivity index (χ1) is 13.9. The minimum Gasteiger partial charge on any atom is -0.352 e. The average Bonchev–Trinajstić information content (AvgIpc) is 3.31. The van der Waals surface area contributed by atoms with Crippen molar-refractivity contribution in [1.29, 1.82) is 5.26 Å². The summed E-state index contributed by atoms with van der Waals surface area (Å²) in [5.41, 5.74) is 0.418. The molecule has 2 N–H and O–H groups in total. The van der Waals surface area contributed by atoms with Crippen molar-refractivity contribution in [3.8, 4) is 18.4 Å². The quantitative estimate of drug-likeness (QED) is 0.660. The van der Waals surface area contributed by atoms with Crippen LogP contribution in [0.5, 0.6) is 0 Å². The predicted molar refractivity (Wildman–Crippen MR) is 109 cm³/mol. The minimum absolute atomic E-state index is 0.220. The van der Waals surface area contributed by atoms with Crippen LogP contribution in [0.4, 0.5) is 5.69 Å². The van der Waals surface area contributed by atoms with E-state index in [-0.39, 0.29) is 11.8 Å². The lowest BCUT2D eigenvalue weighted by Gasteiger charge is -2.19. The average molecular weight is 391 g/mol. The van der Waals surface area contributed by atoms with Gasteiger partial charge in [-0.1, -0.05) is 18.9 Å². The molecule has 2 aliphatic rings. The first-order valence-corrected chi connectivity index (χ1v) is 9.93. The molecule has 0 spiro atoms. The summed E-state index contributed by atoms with van der Waals surface area (Å²) in [7, 11) is 0. The van der Waals surface area contributed by atoms with Crippen LogP contribution in [0, 0.1) is 36.0 Å². The van der Waals surface area contributed by atoms with Crippen LogP contribution in [-0.2, 0) is 4.79 Å². The third-order valence-electron chi connectivity index (χ3n) is 5.71. The van der Waals surface area contributed by atoms with Crippen LogP contribution in [0.1, 0.15) is 60.9 Å². The molecular weight excluding hydrogens is 366 g/mol. The molecule has 7 heteroatoms. The molecule has 29 heavy (non-hydrogen) atoms. The largest absolute Gasteiger partial charge is 0.352 e. The van der Waals surface area contributed by atoms with Crippen LogP contribution in [-0.4, -0.2) is 24.0 Å². The van der Waals surface area contributed by atoms with Crippen LogP contribution in [0.15, 0.2) is 28.4 Å². The second-order valence-corrected chi connectivity index (χ2v) is 7.78. The molecular formula is C22H25N5O2. The number of nitriles is 1. The van der Waals surface area contributed by atoms with Gasteiger partial charge in [-0.15, -0.1) is 12.3 Å². The number of hydrogen-bond acceptors (Lipinski definition) is 5. The number of benzene rings is 1. The van der Waals surface area contributed by atoms with Gasteiger partial charge in [0.25, 0.3) is 5.91 Å². The number of rotatable bonds is 8. The fraction of sp³-hybridized carbons (Fsp3) is 0.500. The maximum absolute atomic E-state index is 12.6. The molecule has 1 aliphatic carbocycles. The van der Waals surface area contributed by atoms with E-state index in [4.69, 9.17) is 6.42 Å². The summed E-state index contributed by atoms with van der Waals surface area (Å²) in [4.78, 5) is 25.3. The van der Waals surface area contributed by atoms with Gasteiger partial charge in [-0.3, -0.25) is 9.59 Å². The van der Waals surface area contributed by atoms with Gasteiger partial charge in [0, 0.05) is 37.1 Å². The molecule has 0 bridgehead atoms. The van der Waals surface area contributed by atoms with Crippen molar-refractivity contribution >= 4 is 17.5 Å². The molecule has 1 saturated carbocycles. The van der Waals surface area contributed by atoms with Gasteiger partial charge in [0.15, 0.2) is 5.66 Å². The minimum atomic E-state index is -0.961. The zero-order chi connectivity index (χ0) is 20.9. The third-order valence-corrected chi connectivity index (χ3v) is 5.71. The van der Waals surface area contributed by atoms with Gasteiger partial charge in [-0.25, -0.2) is 0 Å². The second-order valence-electron chi connectivity index (χ2n) is 7.78. The molecule has 1 heterocycles. The number of nitrogens with one attached hydrogen (secondary N) is 2. The molecule has 0 atom stereocenters. The lowest BCUT2D eigenvalue weighted by molar-refractivity contribution is -0.122. The van der Waals surface area contributed by atoms with E-state index in [1.165, 1.54) is 0 Å². The standard InChI is InChI=1S/C22H25N5O2/c1-3-4-11-22(26-27-22)12-13-24-19(28)18-14-17(8-7-16(18)2)25-20(29)21(15-23)9-5-6-10-21/h1,7-8,14H,4-6,9-13H2,2H3,(H,24,28)(H,25,29). The maximum atomic E-state index is 12.6. The van der Waals surface area contributed by atoms with Gasteiger partial charge in [-0.2, -0.15) is 15.5 Å². The van der Waals surface area contributed by atoms with Crippen molar-refractivity contribution in [3.05, 3.63) is 29.3 Å². The Hall–Kier alpha value is -3.19. The number of carbonyl (C=O) groups excluding carboxylic acids is 2. The first-order valence-electron chi connectivity index (χ1n) is 9.93. The van der Waals surface area contributed by atoms with Crippen LogP contribution in [0.25, 0.3) is 0 Å². The van der Waals surface area contributed by atoms with Gasteiger partial charge in [0.05, 0.1) is 6.07 Å². The highest BCUT2D eigenvalue weighted by Gasteiger charge is 2.41. The second kappa shape index (κ2) is 8.45. The van der Waals surface area contributed by atoms with E-state index in [0.29, 0.717) is 49.9 Å². The van der Waals surface area contributed by atoms with Gasteiger partial charge < -0.3 is 10.6 Å². The third kappa shape index (κ3) is 4.63. The molecule has 1 fully saturated rings. The fourth-order valence-electron chi connectivity index (χ4n) is 3.70. The van der Waals surface area contributed by atoms with E-state index >= 15 is 0 Å². The normalized spacial score (nSPS) is 17.8. The molecule has 7 nitrogen and oxygen atoms in total. The number of anilines is 1. The highest BCUT2D eigenvalue weighted by Crippen LogP contribution is 2.38. The summed E-state index contributed by atoms with van der Waals surface area (Å²) in [5.74, 6) is 2.07. The first kappa shape index (κ1) is 20.5. The summed E-state index contributed by atoms with van der Waals surface area (Å²) in [6.07, 6.45) is 10.1. The Morgan fingerprint density at radius 2 is 1.97 bits per heavy atom. The Morgan fingerprint density at radius 1 is 1.24 bits per heavy atom. The molecule has 1 aromatic rings. The Morgan fingerprint density at radius 3 is 2.59 bits per heavy atom. The Balaban J connectivity index is 1.60. The summed E-state index contributed by atoms with van der Waals surface area (Å²) in [6.45, 7) is 2.28. The SMILES string of the molecule is C#CCCC1(CCNC(=O)c2cc(NC(=O)C3(C#N)CCCC3)ccc2C)N=N1. The molecule has 1 aromatic carbocycles. The summed E-state index contributed by atoms with van der Waals surface area (Å²) in [6, 6.07) is 7.38. The topological polar surface area (TPSA) is 107 Å². The summed E-state index contributed by atoms with van der Waals surface area (Å²) in [5, 5.41) is 23.3. The molecule has 3 rings (SSSR count). The van der Waals surface area contributed by atoms with Crippen molar-refractivity contribution in [1.82, 2.24) is 5.32 Å². The molecule has 2 amide bonds. The van der Waals surface area contributed by atoms with Gasteiger partial charge in [-0.05, 0) is 37.5 Å². The molecule has 0 radical (unpaired) electrons. The lowest BCUT2D eigenvalue weighted by atomic mass is 9.87. The predicted octanol–water partition coefficient (Wildman–Crippen LogP) is 3.71. The van der Waals surface area contributed by atoms with Crippen LogP contribution >= 0.6 is 0 Å². The zero-order valence-corrected chi connectivity index (χ0v) is 16.6. The highest BCUT2D eigenvalue weighted by atomic mass is 16.2. The molecule has 0 unspecified atom stereocenters. The van der Waals surface area contributed by atoms with Gasteiger partial charge >= 0.3 is 0 Å². The number of hydrogen-bond donors (Lipinski definition) is 2. The monoisotopic (exact) mass is 391 g/mol. The van der Waals surface area contributed by atoms with Crippen molar-refractivity contribution in [2.24, 2.45) is 15.6 Å². The Kier molecular flexibility index (Phi) is 5.98. The van der Waals surface area contributed by atoms with Crippen LogP contribution < -0.4 is 10.6 Å². The van der Waals surface area contributed by atoms with E-state index in [2.05, 4.69) is 32.9 Å². The Labute approximate surface area is 171 Å². The van der Waals surface area contributed by atoms with Gasteiger partial charge in [0.1, 0.15) is 5.41 Å². The summed E-state index contributed by atoms with van der Waals surface area (Å²) >= 11 is 0. The van der Waals surface area contributed by atoms with E-state index in [9.17, 15) is 14.9 Å². The van der Waals surface area contributed by atoms with Crippen LogP contribution in [0.2, 0.25) is 0 Å². The molecule has 0 aromatic heterocycles. The van der Waals surface area contributed by atoms with Crippen LogP contribution in [0.3, 0.4) is 0 Å². The number of carbonyl (C=O) groups is 2. The molecule has 0 saturated heterocycles. The smallest absolute Gasteiger partial charge is 0.251 e. The highest BCUT2D eigenvalue weighted by molar-refractivity contribution is 6.00. The molecule has 1 aliphatic heterocycles. The Bertz CT molecular complexity index is 910. The van der Waals surface area contributed by atoms with Crippen molar-refractivity contribution < 1.29 is 9.59 Å². The summed E-state index contributed by atoms with van der Waals surface area (Å²) < 4.78 is 0. The number of amides is 2. The van der Waals surface area contributed by atoms with Gasteiger partial charge in [0.2, 0.25) is 5.91 Å².